The maximum atomic E-state index is 12.0. The molecule has 7 heteroatoms. The fraction of sp³-hybridized carbons (Fsp3) is 0.667. The molecule has 1 rings (SSSR count). The SMILES string of the molecule is Cc1nn(C(C)C)c(OCC(F)(F)F)c1N. The van der Waals surface area contributed by atoms with Gasteiger partial charge in [-0.2, -0.15) is 18.3 Å². The number of hydrogen-bond donors (Lipinski definition) is 1. The number of hydrogen-bond acceptors (Lipinski definition) is 3. The molecule has 16 heavy (non-hydrogen) atoms. The number of halogens is 3. The predicted molar refractivity (Wildman–Crippen MR) is 53.3 cm³/mol. The number of aryl methyl sites for hydroxylation is 1. The zero-order chi connectivity index (χ0) is 12.5. The molecule has 0 bridgehead atoms. The minimum atomic E-state index is -4.38. The molecule has 0 atom stereocenters. The average molecular weight is 237 g/mol. The number of nitrogen functional groups attached to an aromatic ring is 1. The van der Waals surface area contributed by atoms with Gasteiger partial charge in [-0.1, -0.05) is 0 Å². The zero-order valence-corrected chi connectivity index (χ0v) is 9.30. The second-order valence-electron chi connectivity index (χ2n) is 3.75. The summed E-state index contributed by atoms with van der Waals surface area (Å²) in [5, 5.41) is 4.01. The molecule has 1 aromatic heterocycles. The van der Waals surface area contributed by atoms with E-state index in [0.29, 0.717) is 5.69 Å². The Bertz CT molecular complexity index is 371. The Morgan fingerprint density at radius 3 is 2.44 bits per heavy atom. The van der Waals surface area contributed by atoms with Crippen LogP contribution in [-0.4, -0.2) is 22.6 Å². The molecule has 0 radical (unpaired) electrons. The molecule has 0 unspecified atom stereocenters. The second kappa shape index (κ2) is 4.23. The lowest BCUT2D eigenvalue weighted by atomic mass is 10.4. The molecule has 1 aromatic rings. The quantitative estimate of drug-likeness (QED) is 0.877. The Balaban J connectivity index is 2.93. The maximum Gasteiger partial charge on any atom is 0.422 e. The Hall–Kier alpha value is -1.40. The van der Waals surface area contributed by atoms with E-state index in [1.54, 1.807) is 20.8 Å². The van der Waals surface area contributed by atoms with Crippen molar-refractivity contribution in [2.45, 2.75) is 33.0 Å². The summed E-state index contributed by atoms with van der Waals surface area (Å²) in [6, 6.07) is -0.112. The highest BCUT2D eigenvalue weighted by molar-refractivity contribution is 5.52. The van der Waals surface area contributed by atoms with Gasteiger partial charge in [-0.25, -0.2) is 4.68 Å². The van der Waals surface area contributed by atoms with Gasteiger partial charge in [0.1, 0.15) is 5.69 Å². The second-order valence-corrected chi connectivity index (χ2v) is 3.75. The molecule has 1 heterocycles. The topological polar surface area (TPSA) is 53.1 Å². The van der Waals surface area contributed by atoms with Crippen LogP contribution < -0.4 is 10.5 Å². The fourth-order valence-electron chi connectivity index (χ4n) is 1.18. The van der Waals surface area contributed by atoms with Gasteiger partial charge in [-0.05, 0) is 20.8 Å². The van der Waals surface area contributed by atoms with Crippen molar-refractivity contribution in [1.82, 2.24) is 9.78 Å². The lowest BCUT2D eigenvalue weighted by Crippen LogP contribution is -2.21. The van der Waals surface area contributed by atoms with Gasteiger partial charge in [0, 0.05) is 0 Å². The van der Waals surface area contributed by atoms with Crippen molar-refractivity contribution in [1.29, 1.82) is 0 Å². The van der Waals surface area contributed by atoms with Crippen molar-refractivity contribution in [2.24, 2.45) is 0 Å². The molecule has 0 spiro atoms. The number of rotatable bonds is 3. The Labute approximate surface area is 91.2 Å². The lowest BCUT2D eigenvalue weighted by molar-refractivity contribution is -0.154. The van der Waals surface area contributed by atoms with E-state index in [-0.39, 0.29) is 17.6 Å². The largest absolute Gasteiger partial charge is 0.467 e. The average Bonchev–Trinajstić information content (AvgIpc) is 2.39. The first-order valence-corrected chi connectivity index (χ1v) is 4.76. The number of anilines is 1. The van der Waals surface area contributed by atoms with Crippen molar-refractivity contribution in [3.63, 3.8) is 0 Å². The van der Waals surface area contributed by atoms with E-state index >= 15 is 0 Å². The summed E-state index contributed by atoms with van der Waals surface area (Å²) in [5.41, 5.74) is 6.21. The van der Waals surface area contributed by atoms with Crippen molar-refractivity contribution in [2.75, 3.05) is 12.3 Å². The summed E-state index contributed by atoms with van der Waals surface area (Å²) in [6.07, 6.45) is -4.38. The van der Waals surface area contributed by atoms with Crippen molar-refractivity contribution < 1.29 is 17.9 Å². The summed E-state index contributed by atoms with van der Waals surface area (Å²) < 4.78 is 42.1. The van der Waals surface area contributed by atoms with Gasteiger partial charge < -0.3 is 10.5 Å². The number of nitrogens with zero attached hydrogens (tertiary/aromatic N) is 2. The Kier molecular flexibility index (Phi) is 3.35. The van der Waals surface area contributed by atoms with Gasteiger partial charge in [-0.3, -0.25) is 0 Å². The first kappa shape index (κ1) is 12.7. The zero-order valence-electron chi connectivity index (χ0n) is 9.30. The summed E-state index contributed by atoms with van der Waals surface area (Å²) >= 11 is 0. The highest BCUT2D eigenvalue weighted by atomic mass is 19.4. The van der Waals surface area contributed by atoms with Crippen LogP contribution >= 0.6 is 0 Å². The van der Waals surface area contributed by atoms with Crippen molar-refractivity contribution >= 4 is 5.69 Å². The van der Waals surface area contributed by atoms with E-state index < -0.39 is 12.8 Å². The monoisotopic (exact) mass is 237 g/mol. The molecule has 0 saturated carbocycles. The van der Waals surface area contributed by atoms with E-state index in [1.165, 1.54) is 4.68 Å². The molecule has 0 saturated heterocycles. The van der Waals surface area contributed by atoms with Gasteiger partial charge in [0.05, 0.1) is 11.7 Å². The van der Waals surface area contributed by atoms with E-state index in [0.717, 1.165) is 0 Å². The molecule has 0 aromatic carbocycles. The minimum absolute atomic E-state index is 0.0233. The molecular formula is C9H14F3N3O. The summed E-state index contributed by atoms with van der Waals surface area (Å²) in [5.74, 6) is -0.0233. The Morgan fingerprint density at radius 2 is 2.00 bits per heavy atom. The van der Waals surface area contributed by atoms with E-state index in [2.05, 4.69) is 9.84 Å². The third kappa shape index (κ3) is 2.80. The van der Waals surface area contributed by atoms with Crippen LogP contribution in [0.15, 0.2) is 0 Å². The van der Waals surface area contributed by atoms with Gasteiger partial charge >= 0.3 is 6.18 Å². The fourth-order valence-corrected chi connectivity index (χ4v) is 1.18. The van der Waals surface area contributed by atoms with Gasteiger partial charge in [0.2, 0.25) is 5.88 Å². The molecule has 92 valence electrons. The number of alkyl halides is 3. The molecule has 0 fully saturated rings. The van der Waals surface area contributed by atoms with Crippen LogP contribution in [0.3, 0.4) is 0 Å². The van der Waals surface area contributed by atoms with E-state index in [9.17, 15) is 13.2 Å². The van der Waals surface area contributed by atoms with Crippen LogP contribution in [0, 0.1) is 6.92 Å². The predicted octanol–water partition coefficient (Wildman–Crippen LogP) is 2.30. The molecule has 4 nitrogen and oxygen atoms in total. The summed E-state index contributed by atoms with van der Waals surface area (Å²) in [6.45, 7) is 3.82. The molecule has 2 N–H and O–H groups in total. The van der Waals surface area contributed by atoms with E-state index in [4.69, 9.17) is 5.73 Å². The summed E-state index contributed by atoms with van der Waals surface area (Å²) in [4.78, 5) is 0. The molecule has 0 aliphatic rings. The highest BCUT2D eigenvalue weighted by Gasteiger charge is 2.30. The number of ether oxygens (including phenoxy) is 1. The molecular weight excluding hydrogens is 223 g/mol. The van der Waals surface area contributed by atoms with Gasteiger partial charge in [-0.15, -0.1) is 0 Å². The third-order valence-electron chi connectivity index (χ3n) is 1.95. The van der Waals surface area contributed by atoms with Crippen LogP contribution in [0.1, 0.15) is 25.6 Å². The highest BCUT2D eigenvalue weighted by Crippen LogP contribution is 2.29. The smallest absolute Gasteiger partial charge is 0.422 e. The van der Waals surface area contributed by atoms with Gasteiger partial charge in [0.15, 0.2) is 6.61 Å². The van der Waals surface area contributed by atoms with E-state index in [1.807, 2.05) is 0 Å². The maximum absolute atomic E-state index is 12.0. The minimum Gasteiger partial charge on any atom is -0.467 e. The van der Waals surface area contributed by atoms with Crippen LogP contribution in [0.5, 0.6) is 5.88 Å². The third-order valence-corrected chi connectivity index (χ3v) is 1.95. The standard InChI is InChI=1S/C9H14F3N3O/c1-5(2)15-8(7(13)6(3)14-15)16-4-9(10,11)12/h5H,4,13H2,1-3H3. The van der Waals surface area contributed by atoms with Crippen LogP contribution in [-0.2, 0) is 0 Å². The summed E-state index contributed by atoms with van der Waals surface area (Å²) in [7, 11) is 0. The van der Waals surface area contributed by atoms with Crippen molar-refractivity contribution in [3.05, 3.63) is 5.69 Å². The first-order chi connectivity index (χ1) is 7.22. The first-order valence-electron chi connectivity index (χ1n) is 4.76. The normalized spacial score (nSPS) is 12.2. The van der Waals surface area contributed by atoms with Gasteiger partial charge in [0.25, 0.3) is 0 Å². The molecule has 0 aliphatic carbocycles. The van der Waals surface area contributed by atoms with Crippen LogP contribution in [0.2, 0.25) is 0 Å². The van der Waals surface area contributed by atoms with Crippen LogP contribution in [0.4, 0.5) is 18.9 Å². The number of nitrogens with two attached hydrogens (primary N) is 1. The van der Waals surface area contributed by atoms with Crippen LogP contribution in [0.25, 0.3) is 0 Å². The molecule has 0 amide bonds. The Morgan fingerprint density at radius 1 is 1.44 bits per heavy atom. The lowest BCUT2D eigenvalue weighted by Gasteiger charge is -2.13. The van der Waals surface area contributed by atoms with Crippen molar-refractivity contribution in [3.8, 4) is 5.88 Å². The molecule has 0 aliphatic heterocycles. The number of aromatic nitrogens is 2.